The normalized spacial score (nSPS) is 11.3. The molecular weight excluding hydrogens is 154 g/mol. The van der Waals surface area contributed by atoms with Crippen LogP contribution in [0.3, 0.4) is 0 Å². The summed E-state index contributed by atoms with van der Waals surface area (Å²) < 4.78 is 0. The minimum atomic E-state index is 0.684. The Kier molecular flexibility index (Phi) is 2.78. The minimum Gasteiger partial charge on any atom is -0.399 e. The molecule has 1 rings (SSSR count). The van der Waals surface area contributed by atoms with Gasteiger partial charge in [0.1, 0.15) is 0 Å². The quantitative estimate of drug-likeness (QED) is 0.223. The number of anilines is 1. The predicted molar refractivity (Wildman–Crippen MR) is 47.5 cm³/mol. The Morgan fingerprint density at radius 3 is 2.83 bits per heavy atom. The van der Waals surface area contributed by atoms with Gasteiger partial charge in [-0.05, 0) is 22.9 Å². The van der Waals surface area contributed by atoms with Crippen LogP contribution in [0.1, 0.15) is 5.56 Å². The first-order valence-electron chi connectivity index (χ1n) is 3.32. The van der Waals surface area contributed by atoms with Gasteiger partial charge < -0.3 is 11.6 Å². The molecule has 4 N–H and O–H groups in total. The first-order chi connectivity index (χ1) is 5.83. The molecule has 0 fully saturated rings. The van der Waals surface area contributed by atoms with E-state index in [9.17, 15) is 0 Å². The zero-order valence-corrected chi connectivity index (χ0v) is 6.38. The van der Waals surface area contributed by atoms with E-state index in [4.69, 9.17) is 11.6 Å². The summed E-state index contributed by atoms with van der Waals surface area (Å²) in [4.78, 5) is 0. The van der Waals surface area contributed by atoms with Gasteiger partial charge in [0.05, 0.1) is 6.21 Å². The Morgan fingerprint density at radius 2 is 2.17 bits per heavy atom. The molecule has 1 aromatic rings. The van der Waals surface area contributed by atoms with Crippen LogP contribution in [0.25, 0.3) is 0 Å². The summed E-state index contributed by atoms with van der Waals surface area (Å²) in [6, 6.07) is 7.25. The molecule has 0 heterocycles. The molecule has 0 unspecified atom stereocenters. The van der Waals surface area contributed by atoms with E-state index in [0.717, 1.165) is 5.56 Å². The van der Waals surface area contributed by atoms with Gasteiger partial charge in [0, 0.05) is 5.69 Å². The van der Waals surface area contributed by atoms with Gasteiger partial charge in [-0.25, -0.2) is 0 Å². The Labute approximate surface area is 69.8 Å². The number of rotatable bonds is 2. The molecule has 0 aliphatic rings. The highest BCUT2D eigenvalue weighted by atomic mass is 15.5. The van der Waals surface area contributed by atoms with Gasteiger partial charge in [-0.15, -0.1) is 5.10 Å². The average molecular weight is 163 g/mol. The molecule has 0 radical (unpaired) electrons. The van der Waals surface area contributed by atoms with Crippen LogP contribution in [0, 0.1) is 0 Å². The molecular formula is C7H9N5. The SMILES string of the molecule is N/N=N\N=C\c1cccc(N)c1. The van der Waals surface area contributed by atoms with E-state index in [-0.39, 0.29) is 0 Å². The number of nitrogens with two attached hydrogens (primary N) is 2. The van der Waals surface area contributed by atoms with Crippen LogP contribution in [-0.4, -0.2) is 6.21 Å². The molecule has 0 saturated heterocycles. The Hall–Kier alpha value is -1.91. The third kappa shape index (κ3) is 2.37. The Balaban J connectivity index is 2.76. The molecule has 12 heavy (non-hydrogen) atoms. The fraction of sp³-hybridized carbons (Fsp3) is 0. The van der Waals surface area contributed by atoms with Crippen molar-refractivity contribution >= 4 is 11.9 Å². The van der Waals surface area contributed by atoms with Crippen molar-refractivity contribution < 1.29 is 0 Å². The number of hydrogen-bond donors (Lipinski definition) is 2. The highest BCUT2D eigenvalue weighted by Gasteiger charge is 1.86. The van der Waals surface area contributed by atoms with Crippen molar-refractivity contribution in [2.75, 3.05) is 5.73 Å². The number of hydrogen-bond acceptors (Lipinski definition) is 3. The van der Waals surface area contributed by atoms with Crippen molar-refractivity contribution in [3.05, 3.63) is 29.8 Å². The van der Waals surface area contributed by atoms with E-state index in [1.807, 2.05) is 12.1 Å². The second-order valence-corrected chi connectivity index (χ2v) is 2.12. The zero-order valence-electron chi connectivity index (χ0n) is 6.38. The molecule has 5 heteroatoms. The highest BCUT2D eigenvalue weighted by Crippen LogP contribution is 2.03. The molecule has 5 nitrogen and oxygen atoms in total. The van der Waals surface area contributed by atoms with E-state index in [1.165, 1.54) is 6.21 Å². The van der Waals surface area contributed by atoms with Crippen molar-refractivity contribution in [1.29, 1.82) is 0 Å². The van der Waals surface area contributed by atoms with Crippen LogP contribution < -0.4 is 11.6 Å². The molecule has 62 valence electrons. The second-order valence-electron chi connectivity index (χ2n) is 2.12. The number of benzene rings is 1. The van der Waals surface area contributed by atoms with Gasteiger partial charge in [-0.2, -0.15) is 0 Å². The van der Waals surface area contributed by atoms with Crippen molar-refractivity contribution in [3.8, 4) is 0 Å². The van der Waals surface area contributed by atoms with Crippen molar-refractivity contribution in [2.24, 2.45) is 21.4 Å². The lowest BCUT2D eigenvalue weighted by Crippen LogP contribution is -1.86. The molecule has 0 aliphatic heterocycles. The first kappa shape index (κ1) is 8.19. The zero-order chi connectivity index (χ0) is 8.81. The molecule has 0 bridgehead atoms. The smallest absolute Gasteiger partial charge is 0.0587 e. The van der Waals surface area contributed by atoms with Gasteiger partial charge in [-0.1, -0.05) is 17.4 Å². The second kappa shape index (κ2) is 4.07. The van der Waals surface area contributed by atoms with Crippen LogP contribution in [0.5, 0.6) is 0 Å². The van der Waals surface area contributed by atoms with E-state index >= 15 is 0 Å². The summed E-state index contributed by atoms with van der Waals surface area (Å²) in [6.45, 7) is 0. The largest absolute Gasteiger partial charge is 0.399 e. The van der Waals surface area contributed by atoms with E-state index in [0.29, 0.717) is 5.69 Å². The summed E-state index contributed by atoms with van der Waals surface area (Å²) in [7, 11) is 0. The third-order valence-electron chi connectivity index (χ3n) is 1.22. The van der Waals surface area contributed by atoms with Gasteiger partial charge in [0.25, 0.3) is 0 Å². The van der Waals surface area contributed by atoms with E-state index < -0.39 is 0 Å². The van der Waals surface area contributed by atoms with Crippen molar-refractivity contribution in [2.45, 2.75) is 0 Å². The van der Waals surface area contributed by atoms with Crippen LogP contribution in [0.4, 0.5) is 5.69 Å². The third-order valence-corrected chi connectivity index (χ3v) is 1.22. The fourth-order valence-corrected chi connectivity index (χ4v) is 0.762. The van der Waals surface area contributed by atoms with Crippen LogP contribution in [0.15, 0.2) is 39.8 Å². The monoisotopic (exact) mass is 163 g/mol. The van der Waals surface area contributed by atoms with Gasteiger partial charge in [-0.3, -0.25) is 0 Å². The van der Waals surface area contributed by atoms with Gasteiger partial charge in [0.2, 0.25) is 0 Å². The average Bonchev–Trinajstić information content (AvgIpc) is 2.05. The maximum atomic E-state index is 5.52. The lowest BCUT2D eigenvalue weighted by atomic mass is 10.2. The molecule has 0 aromatic heterocycles. The molecule has 1 aromatic carbocycles. The maximum Gasteiger partial charge on any atom is 0.0587 e. The van der Waals surface area contributed by atoms with Crippen LogP contribution >= 0.6 is 0 Å². The summed E-state index contributed by atoms with van der Waals surface area (Å²) in [5, 5.41) is 9.75. The summed E-state index contributed by atoms with van der Waals surface area (Å²) >= 11 is 0. The molecule has 0 amide bonds. The van der Waals surface area contributed by atoms with Gasteiger partial charge in [0.15, 0.2) is 0 Å². The molecule has 0 aliphatic carbocycles. The van der Waals surface area contributed by atoms with Crippen molar-refractivity contribution in [3.63, 3.8) is 0 Å². The number of nitrogen functional groups attached to an aromatic ring is 1. The van der Waals surface area contributed by atoms with Crippen LogP contribution in [0.2, 0.25) is 0 Å². The standard InChI is InChI=1S/C7H9N5/c8-7-3-1-2-6(4-7)5-10-12-11-9/h1-5H,8H2,(H2,9,12)/b10-5+. The summed E-state index contributed by atoms with van der Waals surface area (Å²) in [5.41, 5.74) is 7.07. The summed E-state index contributed by atoms with van der Waals surface area (Å²) in [5.74, 6) is 4.74. The lowest BCUT2D eigenvalue weighted by molar-refractivity contribution is 0.961. The molecule has 0 atom stereocenters. The number of nitrogens with zero attached hydrogens (tertiary/aromatic N) is 3. The topological polar surface area (TPSA) is 89.1 Å². The molecule has 0 saturated carbocycles. The minimum absolute atomic E-state index is 0.684. The first-order valence-corrected chi connectivity index (χ1v) is 3.32. The van der Waals surface area contributed by atoms with E-state index in [1.54, 1.807) is 12.1 Å². The lowest BCUT2D eigenvalue weighted by Gasteiger charge is -1.92. The Morgan fingerprint density at radius 1 is 1.33 bits per heavy atom. The highest BCUT2D eigenvalue weighted by molar-refractivity contribution is 5.80. The van der Waals surface area contributed by atoms with Crippen molar-refractivity contribution in [1.82, 2.24) is 0 Å². The van der Waals surface area contributed by atoms with Gasteiger partial charge >= 0.3 is 0 Å². The summed E-state index contributed by atoms with van der Waals surface area (Å²) in [6.07, 6.45) is 1.52. The predicted octanol–water partition coefficient (Wildman–Crippen LogP) is 0.929. The fourth-order valence-electron chi connectivity index (χ4n) is 0.762. The van der Waals surface area contributed by atoms with Crippen LogP contribution in [-0.2, 0) is 0 Å². The Bertz CT molecular complexity index is 304. The van der Waals surface area contributed by atoms with E-state index in [2.05, 4.69) is 15.5 Å². The molecule has 0 spiro atoms. The maximum absolute atomic E-state index is 5.52.